The van der Waals surface area contributed by atoms with E-state index in [0.29, 0.717) is 11.7 Å². The van der Waals surface area contributed by atoms with Gasteiger partial charge in [0.1, 0.15) is 5.75 Å². The van der Waals surface area contributed by atoms with Gasteiger partial charge in [0.05, 0.1) is 12.9 Å². The Hall–Kier alpha value is -1.16. The highest BCUT2D eigenvalue weighted by molar-refractivity contribution is 8.00. The third-order valence-electron chi connectivity index (χ3n) is 3.17. The largest absolute Gasteiger partial charge is 0.497 e. The maximum absolute atomic E-state index is 11.7. The predicted molar refractivity (Wildman–Crippen MR) is 80.8 cm³/mol. The Morgan fingerprint density at radius 3 is 2.42 bits per heavy atom. The van der Waals surface area contributed by atoms with Crippen molar-refractivity contribution in [3.63, 3.8) is 0 Å². The summed E-state index contributed by atoms with van der Waals surface area (Å²) in [4.78, 5) is 12.8. The summed E-state index contributed by atoms with van der Waals surface area (Å²) in [6.07, 6.45) is 2.23. The molecule has 0 unspecified atom stereocenters. The van der Waals surface area contributed by atoms with Crippen molar-refractivity contribution < 1.29 is 9.53 Å². The Labute approximate surface area is 120 Å². The van der Waals surface area contributed by atoms with E-state index in [-0.39, 0.29) is 5.91 Å². The molecule has 0 fully saturated rings. The molecule has 0 aliphatic heterocycles. The van der Waals surface area contributed by atoms with Crippen LogP contribution >= 0.6 is 11.8 Å². The Balaban J connectivity index is 2.29. The van der Waals surface area contributed by atoms with Crippen LogP contribution in [0.1, 0.15) is 26.7 Å². The van der Waals surface area contributed by atoms with E-state index in [0.717, 1.165) is 30.0 Å². The number of hydrogen-bond acceptors (Lipinski definition) is 3. The number of methoxy groups -OCH3 is 1. The molecule has 19 heavy (non-hydrogen) atoms. The third kappa shape index (κ3) is 6.01. The number of ether oxygens (including phenoxy) is 1. The number of amides is 1. The minimum atomic E-state index is 0.104. The summed E-state index contributed by atoms with van der Waals surface area (Å²) < 4.78 is 5.10. The SMILES string of the molecule is CCC(CC)CNC(=O)CSc1ccc(OC)cc1. The van der Waals surface area contributed by atoms with Crippen LogP contribution in [0.4, 0.5) is 0 Å². The van der Waals surface area contributed by atoms with Crippen LogP contribution in [0.5, 0.6) is 5.75 Å². The molecule has 0 bridgehead atoms. The van der Waals surface area contributed by atoms with Crippen molar-refractivity contribution in [3.8, 4) is 5.75 Å². The van der Waals surface area contributed by atoms with Crippen molar-refractivity contribution >= 4 is 17.7 Å². The number of hydrogen-bond donors (Lipinski definition) is 1. The van der Waals surface area contributed by atoms with E-state index in [9.17, 15) is 4.79 Å². The Morgan fingerprint density at radius 1 is 1.26 bits per heavy atom. The van der Waals surface area contributed by atoms with Crippen LogP contribution in [0.25, 0.3) is 0 Å². The topological polar surface area (TPSA) is 38.3 Å². The highest BCUT2D eigenvalue weighted by atomic mass is 32.2. The van der Waals surface area contributed by atoms with Gasteiger partial charge in [0.25, 0.3) is 0 Å². The van der Waals surface area contributed by atoms with Crippen LogP contribution in [0.15, 0.2) is 29.2 Å². The summed E-state index contributed by atoms with van der Waals surface area (Å²) in [7, 11) is 1.65. The molecule has 0 heterocycles. The zero-order valence-corrected chi connectivity index (χ0v) is 12.8. The molecular formula is C15H23NO2S. The smallest absolute Gasteiger partial charge is 0.230 e. The van der Waals surface area contributed by atoms with Crippen molar-refractivity contribution in [2.75, 3.05) is 19.4 Å². The minimum absolute atomic E-state index is 0.104. The number of thioether (sulfide) groups is 1. The normalized spacial score (nSPS) is 10.5. The molecule has 0 aliphatic carbocycles. The molecule has 0 spiro atoms. The second-order valence-corrected chi connectivity index (χ2v) is 5.50. The molecule has 0 radical (unpaired) electrons. The molecule has 1 aromatic rings. The lowest BCUT2D eigenvalue weighted by Crippen LogP contribution is -2.30. The number of carbonyl (C=O) groups excluding carboxylic acids is 1. The first-order valence-electron chi connectivity index (χ1n) is 6.73. The molecule has 0 saturated carbocycles. The summed E-state index contributed by atoms with van der Waals surface area (Å²) in [5.74, 6) is 2.00. The highest BCUT2D eigenvalue weighted by Gasteiger charge is 2.07. The average Bonchev–Trinajstić information content (AvgIpc) is 2.46. The molecule has 0 aromatic heterocycles. The van der Waals surface area contributed by atoms with Crippen LogP contribution in [-0.2, 0) is 4.79 Å². The molecule has 1 aromatic carbocycles. The first-order valence-corrected chi connectivity index (χ1v) is 7.71. The van der Waals surface area contributed by atoms with Gasteiger partial charge in [-0.15, -0.1) is 11.8 Å². The van der Waals surface area contributed by atoms with E-state index in [1.165, 1.54) is 0 Å². The fourth-order valence-electron chi connectivity index (χ4n) is 1.71. The molecule has 0 atom stereocenters. The third-order valence-corrected chi connectivity index (χ3v) is 4.18. The molecule has 1 N–H and O–H groups in total. The monoisotopic (exact) mass is 281 g/mol. The van der Waals surface area contributed by atoms with Crippen LogP contribution in [0.3, 0.4) is 0 Å². The lowest BCUT2D eigenvalue weighted by atomic mass is 10.0. The number of benzene rings is 1. The maximum atomic E-state index is 11.7. The standard InChI is InChI=1S/C15H23NO2S/c1-4-12(5-2)10-16-15(17)11-19-14-8-6-13(18-3)7-9-14/h6-9,12H,4-5,10-11H2,1-3H3,(H,16,17). The molecular weight excluding hydrogens is 258 g/mol. The second kappa shape index (κ2) is 8.86. The van der Waals surface area contributed by atoms with E-state index >= 15 is 0 Å². The Morgan fingerprint density at radius 2 is 1.89 bits per heavy atom. The lowest BCUT2D eigenvalue weighted by molar-refractivity contribution is -0.118. The summed E-state index contributed by atoms with van der Waals surface area (Å²) in [5, 5.41) is 2.99. The average molecular weight is 281 g/mol. The minimum Gasteiger partial charge on any atom is -0.497 e. The van der Waals surface area contributed by atoms with Gasteiger partial charge >= 0.3 is 0 Å². The number of carbonyl (C=O) groups is 1. The predicted octanol–water partition coefficient (Wildman–Crippen LogP) is 3.34. The number of rotatable bonds is 8. The van der Waals surface area contributed by atoms with Gasteiger partial charge in [-0.3, -0.25) is 4.79 Å². The van der Waals surface area contributed by atoms with Gasteiger partial charge in [-0.05, 0) is 30.2 Å². The highest BCUT2D eigenvalue weighted by Crippen LogP contribution is 2.20. The summed E-state index contributed by atoms with van der Waals surface area (Å²) in [5.41, 5.74) is 0. The molecule has 4 heteroatoms. The van der Waals surface area contributed by atoms with Crippen LogP contribution in [0, 0.1) is 5.92 Å². The quantitative estimate of drug-likeness (QED) is 0.743. The summed E-state index contributed by atoms with van der Waals surface area (Å²) in [6, 6.07) is 7.75. The molecule has 1 rings (SSSR count). The summed E-state index contributed by atoms with van der Waals surface area (Å²) >= 11 is 1.55. The van der Waals surface area contributed by atoms with Crippen molar-refractivity contribution in [2.24, 2.45) is 5.92 Å². The van der Waals surface area contributed by atoms with Crippen molar-refractivity contribution in [1.82, 2.24) is 5.32 Å². The Bertz CT molecular complexity index is 374. The van der Waals surface area contributed by atoms with Crippen LogP contribution in [-0.4, -0.2) is 25.3 Å². The van der Waals surface area contributed by atoms with Gasteiger partial charge in [-0.25, -0.2) is 0 Å². The van der Waals surface area contributed by atoms with Gasteiger partial charge in [0, 0.05) is 11.4 Å². The van der Waals surface area contributed by atoms with E-state index in [1.807, 2.05) is 24.3 Å². The van der Waals surface area contributed by atoms with E-state index in [2.05, 4.69) is 19.2 Å². The van der Waals surface area contributed by atoms with Gasteiger partial charge in [0.2, 0.25) is 5.91 Å². The van der Waals surface area contributed by atoms with Gasteiger partial charge in [0.15, 0.2) is 0 Å². The van der Waals surface area contributed by atoms with E-state index in [4.69, 9.17) is 4.74 Å². The first kappa shape index (κ1) is 15.9. The fourth-order valence-corrected chi connectivity index (χ4v) is 2.44. The lowest BCUT2D eigenvalue weighted by Gasteiger charge is -2.13. The second-order valence-electron chi connectivity index (χ2n) is 4.45. The molecule has 1 amide bonds. The molecule has 106 valence electrons. The van der Waals surface area contributed by atoms with Gasteiger partial charge < -0.3 is 10.1 Å². The summed E-state index contributed by atoms with van der Waals surface area (Å²) in [6.45, 7) is 5.11. The molecule has 3 nitrogen and oxygen atoms in total. The van der Waals surface area contributed by atoms with Gasteiger partial charge in [-0.1, -0.05) is 26.7 Å². The zero-order valence-electron chi connectivity index (χ0n) is 11.9. The van der Waals surface area contributed by atoms with Gasteiger partial charge in [-0.2, -0.15) is 0 Å². The van der Waals surface area contributed by atoms with E-state index < -0.39 is 0 Å². The zero-order chi connectivity index (χ0) is 14.1. The van der Waals surface area contributed by atoms with Crippen molar-refractivity contribution in [2.45, 2.75) is 31.6 Å². The molecule has 0 aliphatic rings. The Kier molecular flexibility index (Phi) is 7.41. The van der Waals surface area contributed by atoms with Crippen molar-refractivity contribution in [1.29, 1.82) is 0 Å². The van der Waals surface area contributed by atoms with Crippen LogP contribution in [0.2, 0.25) is 0 Å². The molecule has 0 saturated heterocycles. The van der Waals surface area contributed by atoms with Crippen molar-refractivity contribution in [3.05, 3.63) is 24.3 Å². The van der Waals surface area contributed by atoms with E-state index in [1.54, 1.807) is 18.9 Å². The number of nitrogens with one attached hydrogen (secondary N) is 1. The first-order chi connectivity index (χ1) is 9.19. The fraction of sp³-hybridized carbons (Fsp3) is 0.533. The van der Waals surface area contributed by atoms with Crippen LogP contribution < -0.4 is 10.1 Å². The maximum Gasteiger partial charge on any atom is 0.230 e.